The number of likely N-dealkylation sites (tertiary alicyclic amines) is 1. The van der Waals surface area contributed by atoms with Gasteiger partial charge in [0.25, 0.3) is 0 Å². The number of carbonyl (C=O) groups excluding carboxylic acids is 2. The molecule has 0 saturated carbocycles. The topological polar surface area (TPSA) is 66.8 Å². The molecule has 0 amide bonds. The van der Waals surface area contributed by atoms with Crippen LogP contribution in [0.3, 0.4) is 0 Å². The fraction of sp³-hybridized carbons (Fsp3) is 0.500. The highest BCUT2D eigenvalue weighted by atomic mass is 16.5. The number of carbonyl (C=O) groups is 2. The third-order valence-electron chi connectivity index (χ3n) is 4.19. The van der Waals surface area contributed by atoms with Crippen molar-refractivity contribution in [1.82, 2.24) is 4.90 Å². The molecule has 1 aromatic carbocycles. The number of aromatic hydroxyl groups is 1. The Hall–Kier alpha value is -1.88. The monoisotopic (exact) mass is 318 g/mol. The molecule has 23 heavy (non-hydrogen) atoms. The SMILES string of the molecule is Cc1cc(CCC(=O)OCCN2[CH]CCC2C=O)cc(C)c1O. The van der Waals surface area contributed by atoms with Gasteiger partial charge < -0.3 is 14.6 Å². The minimum atomic E-state index is -0.241. The minimum Gasteiger partial charge on any atom is -0.507 e. The molecule has 0 spiro atoms. The first-order chi connectivity index (χ1) is 11.0. The van der Waals surface area contributed by atoms with Crippen LogP contribution in [0.5, 0.6) is 5.75 Å². The highest BCUT2D eigenvalue weighted by Crippen LogP contribution is 2.23. The smallest absolute Gasteiger partial charge is 0.306 e. The van der Waals surface area contributed by atoms with E-state index in [9.17, 15) is 14.7 Å². The van der Waals surface area contributed by atoms with E-state index in [1.54, 1.807) is 0 Å². The van der Waals surface area contributed by atoms with Gasteiger partial charge in [-0.1, -0.05) is 12.1 Å². The van der Waals surface area contributed by atoms with Crippen LogP contribution >= 0.6 is 0 Å². The van der Waals surface area contributed by atoms with Gasteiger partial charge in [-0.3, -0.25) is 9.69 Å². The van der Waals surface area contributed by atoms with E-state index in [0.717, 1.165) is 35.8 Å². The Morgan fingerprint density at radius 2 is 2.09 bits per heavy atom. The van der Waals surface area contributed by atoms with Crippen LogP contribution in [0, 0.1) is 20.4 Å². The van der Waals surface area contributed by atoms with Crippen LogP contribution in [0.25, 0.3) is 0 Å². The van der Waals surface area contributed by atoms with Gasteiger partial charge in [0, 0.05) is 19.5 Å². The van der Waals surface area contributed by atoms with Crippen molar-refractivity contribution in [2.24, 2.45) is 0 Å². The third-order valence-corrected chi connectivity index (χ3v) is 4.19. The molecule has 1 heterocycles. The number of aldehydes is 1. The molecule has 5 nitrogen and oxygen atoms in total. The van der Waals surface area contributed by atoms with E-state index >= 15 is 0 Å². The minimum absolute atomic E-state index is 0.0725. The summed E-state index contributed by atoms with van der Waals surface area (Å²) in [5.74, 6) is 0.0677. The lowest BCUT2D eigenvalue weighted by atomic mass is 10.0. The van der Waals surface area contributed by atoms with Crippen molar-refractivity contribution in [3.8, 4) is 5.75 Å². The van der Waals surface area contributed by atoms with Crippen molar-refractivity contribution in [2.45, 2.75) is 45.6 Å². The first-order valence-electron chi connectivity index (χ1n) is 8.00. The van der Waals surface area contributed by atoms with Gasteiger partial charge in [0.15, 0.2) is 0 Å². The lowest BCUT2D eigenvalue weighted by Gasteiger charge is -2.19. The van der Waals surface area contributed by atoms with Crippen molar-refractivity contribution in [3.05, 3.63) is 35.4 Å². The maximum absolute atomic E-state index is 11.8. The van der Waals surface area contributed by atoms with Crippen LogP contribution in [0.15, 0.2) is 12.1 Å². The van der Waals surface area contributed by atoms with Crippen molar-refractivity contribution in [1.29, 1.82) is 0 Å². The highest BCUT2D eigenvalue weighted by molar-refractivity contribution is 5.69. The number of phenols is 1. The number of ether oxygens (including phenoxy) is 1. The van der Waals surface area contributed by atoms with E-state index in [1.165, 1.54) is 0 Å². The molecule has 1 radical (unpaired) electrons. The van der Waals surface area contributed by atoms with Gasteiger partial charge in [0.1, 0.15) is 18.6 Å². The average molecular weight is 318 g/mol. The van der Waals surface area contributed by atoms with Crippen LogP contribution in [0.2, 0.25) is 0 Å². The van der Waals surface area contributed by atoms with E-state index < -0.39 is 0 Å². The number of hydrogen-bond donors (Lipinski definition) is 1. The summed E-state index contributed by atoms with van der Waals surface area (Å²) in [6.07, 6.45) is 3.59. The Morgan fingerprint density at radius 1 is 1.39 bits per heavy atom. The lowest BCUT2D eigenvalue weighted by Crippen LogP contribution is -2.31. The summed E-state index contributed by atoms with van der Waals surface area (Å²) in [7, 11) is 0. The van der Waals surface area contributed by atoms with E-state index in [1.807, 2.05) is 37.4 Å². The standard InChI is InChI=1S/C18H24NO4/c1-13-10-15(11-14(2)18(13)22)5-6-17(21)23-9-8-19-7-3-4-16(19)12-20/h7,10-12,16,22H,3-6,8-9H2,1-2H3. The Balaban J connectivity index is 1.72. The fourth-order valence-corrected chi connectivity index (χ4v) is 2.89. The zero-order valence-electron chi connectivity index (χ0n) is 13.7. The van der Waals surface area contributed by atoms with Crippen molar-refractivity contribution < 1.29 is 19.4 Å². The number of aryl methyl sites for hydroxylation is 3. The van der Waals surface area contributed by atoms with Crippen LogP contribution in [0.1, 0.15) is 36.0 Å². The lowest BCUT2D eigenvalue weighted by molar-refractivity contribution is -0.144. The van der Waals surface area contributed by atoms with Gasteiger partial charge in [-0.15, -0.1) is 0 Å². The maximum Gasteiger partial charge on any atom is 0.306 e. The number of rotatable bonds is 7. The molecular formula is C18H24NO4. The molecule has 5 heteroatoms. The molecule has 2 rings (SSSR count). The molecule has 0 bridgehead atoms. The van der Waals surface area contributed by atoms with Gasteiger partial charge in [-0.25, -0.2) is 0 Å². The van der Waals surface area contributed by atoms with E-state index in [2.05, 4.69) is 0 Å². The summed E-state index contributed by atoms with van der Waals surface area (Å²) in [4.78, 5) is 24.6. The molecule has 0 aliphatic carbocycles. The second-order valence-corrected chi connectivity index (χ2v) is 6.00. The van der Waals surface area contributed by atoms with Crippen LogP contribution in [-0.4, -0.2) is 41.5 Å². The van der Waals surface area contributed by atoms with Crippen molar-refractivity contribution in [2.75, 3.05) is 13.2 Å². The number of phenolic OH excluding ortho intramolecular Hbond substituents is 1. The summed E-state index contributed by atoms with van der Waals surface area (Å²) in [6.45, 7) is 6.55. The average Bonchev–Trinajstić information content (AvgIpc) is 2.98. The first-order valence-corrected chi connectivity index (χ1v) is 8.00. The summed E-state index contributed by atoms with van der Waals surface area (Å²) in [6, 6.07) is 3.71. The quantitative estimate of drug-likeness (QED) is 0.617. The Labute approximate surface area is 137 Å². The third kappa shape index (κ3) is 4.79. The van der Waals surface area contributed by atoms with Crippen molar-refractivity contribution >= 4 is 12.3 Å². The summed E-state index contributed by atoms with van der Waals surface area (Å²) >= 11 is 0. The molecule has 1 fully saturated rings. The van der Waals surface area contributed by atoms with Crippen LogP contribution in [0.4, 0.5) is 0 Å². The number of esters is 1. The molecule has 1 saturated heterocycles. The van der Waals surface area contributed by atoms with Gasteiger partial charge in [-0.2, -0.15) is 0 Å². The molecule has 1 atom stereocenters. The summed E-state index contributed by atoms with van der Waals surface area (Å²) < 4.78 is 5.24. The van der Waals surface area contributed by atoms with E-state index in [4.69, 9.17) is 4.74 Å². The Bertz CT molecular complexity index is 547. The van der Waals surface area contributed by atoms with Gasteiger partial charge >= 0.3 is 5.97 Å². The molecule has 1 aliphatic heterocycles. The Morgan fingerprint density at radius 3 is 2.74 bits per heavy atom. The molecule has 0 aromatic heterocycles. The maximum atomic E-state index is 11.8. The van der Waals surface area contributed by atoms with Crippen LogP contribution in [-0.2, 0) is 20.7 Å². The largest absolute Gasteiger partial charge is 0.507 e. The predicted octanol–water partition coefficient (Wildman–Crippen LogP) is 2.31. The molecule has 125 valence electrons. The summed E-state index contributed by atoms with van der Waals surface area (Å²) in [5, 5.41) is 9.75. The number of hydrogen-bond acceptors (Lipinski definition) is 5. The van der Waals surface area contributed by atoms with E-state index in [0.29, 0.717) is 31.7 Å². The highest BCUT2D eigenvalue weighted by Gasteiger charge is 2.23. The Kier molecular flexibility index (Phi) is 6.16. The fourth-order valence-electron chi connectivity index (χ4n) is 2.89. The summed E-state index contributed by atoms with van der Waals surface area (Å²) in [5.41, 5.74) is 2.65. The van der Waals surface area contributed by atoms with Crippen LogP contribution < -0.4 is 0 Å². The number of nitrogens with zero attached hydrogens (tertiary/aromatic N) is 1. The van der Waals surface area contributed by atoms with Gasteiger partial charge in [0.05, 0.1) is 6.04 Å². The van der Waals surface area contributed by atoms with Gasteiger partial charge in [-0.05, 0) is 49.8 Å². The second-order valence-electron chi connectivity index (χ2n) is 6.00. The predicted molar refractivity (Wildman–Crippen MR) is 87.0 cm³/mol. The zero-order valence-corrected chi connectivity index (χ0v) is 13.7. The normalized spacial score (nSPS) is 18.1. The molecule has 1 unspecified atom stereocenters. The number of benzene rings is 1. The first kappa shape index (κ1) is 17.5. The molecular weight excluding hydrogens is 294 g/mol. The van der Waals surface area contributed by atoms with Crippen molar-refractivity contribution in [3.63, 3.8) is 0 Å². The van der Waals surface area contributed by atoms with E-state index in [-0.39, 0.29) is 12.0 Å². The second kappa shape index (κ2) is 8.11. The van der Waals surface area contributed by atoms with Gasteiger partial charge in [0.2, 0.25) is 0 Å². The zero-order chi connectivity index (χ0) is 16.8. The molecule has 1 N–H and O–H groups in total. The molecule has 1 aliphatic rings. The molecule has 1 aromatic rings.